The number of nitrogens with two attached hydrogens (primary N) is 1. The zero-order valence-corrected chi connectivity index (χ0v) is 12.2. The van der Waals surface area contributed by atoms with Crippen molar-refractivity contribution in [2.24, 2.45) is 0 Å². The Labute approximate surface area is 126 Å². The first-order chi connectivity index (χ1) is 9.83. The largest absolute Gasteiger partial charge is 0.399 e. The zero-order valence-electron chi connectivity index (χ0n) is 10.7. The summed E-state index contributed by atoms with van der Waals surface area (Å²) in [5.41, 5.74) is 5.89. The van der Waals surface area contributed by atoms with E-state index in [2.05, 4.69) is 0 Å². The van der Waals surface area contributed by atoms with E-state index in [0.717, 1.165) is 6.07 Å². The first kappa shape index (κ1) is 15.3. The molecule has 0 unspecified atom stereocenters. The molecule has 4 nitrogen and oxygen atoms in total. The lowest BCUT2D eigenvalue weighted by Crippen LogP contribution is -2.08. The van der Waals surface area contributed by atoms with Crippen LogP contribution < -0.4 is 5.73 Å². The van der Waals surface area contributed by atoms with E-state index in [9.17, 15) is 12.8 Å². The van der Waals surface area contributed by atoms with E-state index in [1.807, 2.05) is 0 Å². The van der Waals surface area contributed by atoms with Gasteiger partial charge in [-0.3, -0.25) is 0 Å². The fourth-order valence-corrected chi connectivity index (χ4v) is 3.72. The molecule has 0 atom stereocenters. The monoisotopic (exact) mass is 324 g/mol. The highest BCUT2D eigenvalue weighted by Gasteiger charge is 2.21. The Morgan fingerprint density at radius 3 is 2.57 bits per heavy atom. The van der Waals surface area contributed by atoms with Crippen molar-refractivity contribution in [2.75, 3.05) is 5.73 Å². The van der Waals surface area contributed by atoms with Crippen LogP contribution in [0.1, 0.15) is 11.1 Å². The summed E-state index contributed by atoms with van der Waals surface area (Å²) in [6.07, 6.45) is 0. The summed E-state index contributed by atoms with van der Waals surface area (Å²) in [6.45, 7) is 0. The van der Waals surface area contributed by atoms with Gasteiger partial charge in [0.15, 0.2) is 9.84 Å². The van der Waals surface area contributed by atoms with Crippen LogP contribution in [0.3, 0.4) is 0 Å². The van der Waals surface area contributed by atoms with Gasteiger partial charge in [-0.15, -0.1) is 0 Å². The summed E-state index contributed by atoms with van der Waals surface area (Å²) in [4.78, 5) is -0.145. The normalized spacial score (nSPS) is 11.1. The van der Waals surface area contributed by atoms with E-state index in [4.69, 9.17) is 22.6 Å². The highest BCUT2D eigenvalue weighted by Crippen LogP contribution is 2.27. The molecule has 2 aromatic carbocycles. The van der Waals surface area contributed by atoms with Gasteiger partial charge in [0.2, 0.25) is 0 Å². The molecule has 2 rings (SSSR count). The zero-order chi connectivity index (χ0) is 15.6. The van der Waals surface area contributed by atoms with Crippen LogP contribution in [-0.2, 0) is 15.6 Å². The number of anilines is 1. The van der Waals surface area contributed by atoms with E-state index in [0.29, 0.717) is 0 Å². The molecule has 0 amide bonds. The van der Waals surface area contributed by atoms with Gasteiger partial charge in [-0.2, -0.15) is 5.26 Å². The van der Waals surface area contributed by atoms with Crippen LogP contribution in [0.5, 0.6) is 0 Å². The van der Waals surface area contributed by atoms with E-state index >= 15 is 0 Å². The van der Waals surface area contributed by atoms with Crippen LogP contribution in [0.15, 0.2) is 41.3 Å². The fraction of sp³-hybridized carbons (Fsp3) is 0.0714. The summed E-state index contributed by atoms with van der Waals surface area (Å²) < 4.78 is 38.4. The van der Waals surface area contributed by atoms with Gasteiger partial charge < -0.3 is 5.73 Å². The van der Waals surface area contributed by atoms with Crippen molar-refractivity contribution in [3.05, 3.63) is 58.4 Å². The summed E-state index contributed by atoms with van der Waals surface area (Å²) in [6, 6.07) is 9.48. The van der Waals surface area contributed by atoms with Crippen LogP contribution in [0.25, 0.3) is 0 Å². The highest BCUT2D eigenvalue weighted by molar-refractivity contribution is 7.90. The van der Waals surface area contributed by atoms with Gasteiger partial charge in [0, 0.05) is 11.3 Å². The molecule has 7 heteroatoms. The second-order valence-corrected chi connectivity index (χ2v) is 6.73. The van der Waals surface area contributed by atoms with E-state index in [1.165, 1.54) is 30.3 Å². The maximum absolute atomic E-state index is 13.8. The minimum atomic E-state index is -3.84. The molecule has 2 N–H and O–H groups in total. The Bertz CT molecular complexity index is 845. The predicted molar refractivity (Wildman–Crippen MR) is 77.9 cm³/mol. The number of hydrogen-bond acceptors (Lipinski definition) is 4. The molecular formula is C14H10ClFN2O2S. The van der Waals surface area contributed by atoms with Gasteiger partial charge in [-0.05, 0) is 30.3 Å². The molecule has 0 saturated heterocycles. The first-order valence-electron chi connectivity index (χ1n) is 5.80. The molecule has 0 heterocycles. The molecule has 108 valence electrons. The standard InChI is InChI=1S/C14H10ClFN2O2S/c15-12-4-3-11(18)6-14(12)21(19,20)8-10-2-1-9(7-17)5-13(10)16/h1-6H,8,18H2. The second kappa shape index (κ2) is 5.72. The molecule has 0 radical (unpaired) electrons. The lowest BCUT2D eigenvalue weighted by molar-refractivity contribution is 0.587. The van der Waals surface area contributed by atoms with Crippen LogP contribution in [0.4, 0.5) is 10.1 Å². The number of nitrogen functional groups attached to an aromatic ring is 1. The van der Waals surface area contributed by atoms with Crippen molar-refractivity contribution in [3.8, 4) is 6.07 Å². The molecule has 0 spiro atoms. The van der Waals surface area contributed by atoms with Crippen LogP contribution in [-0.4, -0.2) is 8.42 Å². The van der Waals surface area contributed by atoms with Gasteiger partial charge in [0.1, 0.15) is 5.82 Å². The van der Waals surface area contributed by atoms with Crippen LogP contribution >= 0.6 is 11.6 Å². The molecule has 0 fully saturated rings. The molecule has 0 aliphatic carbocycles. The summed E-state index contributed by atoms with van der Waals surface area (Å²) in [7, 11) is -3.84. The Balaban J connectivity index is 2.43. The quantitative estimate of drug-likeness (QED) is 0.880. The van der Waals surface area contributed by atoms with Crippen molar-refractivity contribution in [1.29, 1.82) is 5.26 Å². The van der Waals surface area contributed by atoms with Crippen molar-refractivity contribution >= 4 is 27.1 Å². The third kappa shape index (κ3) is 3.32. The fourth-order valence-electron chi connectivity index (χ4n) is 1.77. The Hall–Kier alpha value is -2.10. The Kier molecular flexibility index (Phi) is 4.16. The molecular weight excluding hydrogens is 315 g/mol. The van der Waals surface area contributed by atoms with E-state index in [-0.39, 0.29) is 26.7 Å². The molecule has 2 aromatic rings. The average Bonchev–Trinajstić information content (AvgIpc) is 2.43. The topological polar surface area (TPSA) is 84.0 Å². The van der Waals surface area contributed by atoms with Gasteiger partial charge in [0.25, 0.3) is 0 Å². The average molecular weight is 325 g/mol. The van der Waals surface area contributed by atoms with E-state index in [1.54, 1.807) is 6.07 Å². The van der Waals surface area contributed by atoms with Gasteiger partial charge in [0.05, 0.1) is 27.3 Å². The third-order valence-electron chi connectivity index (χ3n) is 2.82. The summed E-state index contributed by atoms with van der Waals surface area (Å²) in [5.74, 6) is -1.31. The van der Waals surface area contributed by atoms with Gasteiger partial charge >= 0.3 is 0 Å². The number of hydrogen-bond donors (Lipinski definition) is 1. The Morgan fingerprint density at radius 2 is 1.95 bits per heavy atom. The maximum Gasteiger partial charge on any atom is 0.184 e. The maximum atomic E-state index is 13.8. The van der Waals surface area contributed by atoms with Crippen LogP contribution in [0, 0.1) is 17.1 Å². The van der Waals surface area contributed by atoms with Gasteiger partial charge in [-0.25, -0.2) is 12.8 Å². The lowest BCUT2D eigenvalue weighted by atomic mass is 10.1. The first-order valence-corrected chi connectivity index (χ1v) is 7.83. The van der Waals surface area contributed by atoms with Crippen LogP contribution in [0.2, 0.25) is 5.02 Å². The second-order valence-electron chi connectivity index (χ2n) is 4.37. The minimum Gasteiger partial charge on any atom is -0.399 e. The Morgan fingerprint density at radius 1 is 1.24 bits per heavy atom. The smallest absolute Gasteiger partial charge is 0.184 e. The van der Waals surface area contributed by atoms with E-state index < -0.39 is 21.4 Å². The molecule has 0 bridgehead atoms. The number of benzene rings is 2. The third-order valence-corrected chi connectivity index (χ3v) is 4.96. The van der Waals surface area contributed by atoms with Crippen molar-refractivity contribution in [2.45, 2.75) is 10.6 Å². The summed E-state index contributed by atoms with van der Waals surface area (Å²) >= 11 is 5.86. The number of nitriles is 1. The SMILES string of the molecule is N#Cc1ccc(CS(=O)(=O)c2cc(N)ccc2Cl)c(F)c1. The van der Waals surface area contributed by atoms with Crippen molar-refractivity contribution in [3.63, 3.8) is 0 Å². The summed E-state index contributed by atoms with van der Waals surface area (Å²) in [5, 5.41) is 8.69. The molecule has 0 aromatic heterocycles. The molecule has 21 heavy (non-hydrogen) atoms. The predicted octanol–water partition coefficient (Wildman–Crippen LogP) is 2.91. The lowest BCUT2D eigenvalue weighted by Gasteiger charge is -2.08. The number of rotatable bonds is 3. The van der Waals surface area contributed by atoms with Crippen molar-refractivity contribution < 1.29 is 12.8 Å². The highest BCUT2D eigenvalue weighted by atomic mass is 35.5. The number of halogens is 2. The number of sulfone groups is 1. The van der Waals surface area contributed by atoms with Gasteiger partial charge in [-0.1, -0.05) is 17.7 Å². The molecule has 0 saturated carbocycles. The minimum absolute atomic E-state index is 0.0262. The van der Waals surface area contributed by atoms with Crippen molar-refractivity contribution in [1.82, 2.24) is 0 Å². The molecule has 0 aliphatic rings. The molecule has 0 aliphatic heterocycles. The number of nitrogens with zero attached hydrogens (tertiary/aromatic N) is 1.